The molecule has 0 atom stereocenters. The molecule has 8 heteroatoms. The summed E-state index contributed by atoms with van der Waals surface area (Å²) in [5, 5.41) is 2.83. The predicted octanol–water partition coefficient (Wildman–Crippen LogP) is 4.28. The first-order valence-electron chi connectivity index (χ1n) is 8.72. The number of aryl methyl sites for hydroxylation is 1. The van der Waals surface area contributed by atoms with Crippen LogP contribution in [0.5, 0.6) is 5.75 Å². The highest BCUT2D eigenvalue weighted by atomic mass is 32.2. The van der Waals surface area contributed by atoms with E-state index in [0.717, 1.165) is 20.1 Å². The minimum absolute atomic E-state index is 0.0650. The Hall–Kier alpha value is -2.58. The number of amides is 1. The van der Waals surface area contributed by atoms with E-state index in [1.165, 1.54) is 23.1 Å². The number of fused-ring (bicyclic) bond motifs is 1. The second-order valence-corrected chi connectivity index (χ2v) is 8.16. The molecule has 0 saturated heterocycles. The quantitative estimate of drug-likeness (QED) is 0.436. The van der Waals surface area contributed by atoms with Crippen molar-refractivity contribution >= 4 is 50.9 Å². The number of hydrogen-bond donors (Lipinski definition) is 1. The molecule has 0 fully saturated rings. The van der Waals surface area contributed by atoms with Crippen LogP contribution in [0.1, 0.15) is 12.5 Å². The molecular weight excluding hydrogens is 396 g/mol. The zero-order valence-corrected chi connectivity index (χ0v) is 17.2. The Kier molecular flexibility index (Phi) is 6.89. The summed E-state index contributed by atoms with van der Waals surface area (Å²) >= 11 is 2.82. The number of carbonyl (C=O) groups excluding carboxylic acids is 2. The van der Waals surface area contributed by atoms with Crippen molar-refractivity contribution in [3.05, 3.63) is 48.0 Å². The van der Waals surface area contributed by atoms with E-state index < -0.39 is 0 Å². The fraction of sp³-hybridized carbons (Fsp3) is 0.250. The Labute approximate surface area is 171 Å². The zero-order valence-electron chi connectivity index (χ0n) is 15.6. The van der Waals surface area contributed by atoms with Crippen LogP contribution in [0.3, 0.4) is 0 Å². The molecule has 3 aromatic rings. The summed E-state index contributed by atoms with van der Waals surface area (Å²) in [4.78, 5) is 28.1. The molecule has 0 aliphatic heterocycles. The SMILES string of the molecule is CCOC(=O)CSc1nc2ccc(NC(=O)COc3ccc(C)cc3)cc2s1. The molecule has 6 nitrogen and oxygen atoms in total. The predicted molar refractivity (Wildman–Crippen MR) is 112 cm³/mol. The van der Waals surface area contributed by atoms with Crippen LogP contribution < -0.4 is 10.1 Å². The van der Waals surface area contributed by atoms with Gasteiger partial charge in [-0.25, -0.2) is 4.98 Å². The van der Waals surface area contributed by atoms with Crippen molar-refractivity contribution in [3.63, 3.8) is 0 Å². The molecule has 1 heterocycles. The number of benzene rings is 2. The molecule has 0 radical (unpaired) electrons. The standard InChI is InChI=1S/C20H20N2O4S2/c1-3-25-19(24)12-27-20-22-16-9-6-14(10-17(16)28-20)21-18(23)11-26-15-7-4-13(2)5-8-15/h4-10H,3,11-12H2,1-2H3,(H,21,23). The fourth-order valence-corrected chi connectivity index (χ4v) is 4.25. The van der Waals surface area contributed by atoms with Crippen LogP contribution in [-0.4, -0.2) is 35.8 Å². The number of hydrogen-bond acceptors (Lipinski definition) is 7. The molecule has 1 N–H and O–H groups in total. The highest BCUT2D eigenvalue weighted by molar-refractivity contribution is 8.01. The number of aromatic nitrogens is 1. The Morgan fingerprint density at radius 3 is 2.71 bits per heavy atom. The summed E-state index contributed by atoms with van der Waals surface area (Å²) < 4.78 is 12.1. The largest absolute Gasteiger partial charge is 0.484 e. The molecule has 0 spiro atoms. The van der Waals surface area contributed by atoms with Gasteiger partial charge in [-0.1, -0.05) is 29.5 Å². The van der Waals surface area contributed by atoms with Crippen molar-refractivity contribution in [2.45, 2.75) is 18.2 Å². The van der Waals surface area contributed by atoms with Gasteiger partial charge in [-0.05, 0) is 44.2 Å². The van der Waals surface area contributed by atoms with E-state index in [2.05, 4.69) is 10.3 Å². The van der Waals surface area contributed by atoms with E-state index in [9.17, 15) is 9.59 Å². The molecule has 0 saturated carbocycles. The number of nitrogens with one attached hydrogen (secondary N) is 1. The van der Waals surface area contributed by atoms with Crippen molar-refractivity contribution in [2.75, 3.05) is 24.3 Å². The van der Waals surface area contributed by atoms with Crippen LogP contribution in [0.4, 0.5) is 5.69 Å². The molecule has 0 bridgehead atoms. The second-order valence-electron chi connectivity index (χ2n) is 5.91. The summed E-state index contributed by atoms with van der Waals surface area (Å²) in [7, 11) is 0. The number of ether oxygens (including phenoxy) is 2. The van der Waals surface area contributed by atoms with Gasteiger partial charge in [0.25, 0.3) is 5.91 Å². The number of nitrogens with zero attached hydrogens (tertiary/aromatic N) is 1. The van der Waals surface area contributed by atoms with Crippen LogP contribution in [0.25, 0.3) is 10.2 Å². The van der Waals surface area contributed by atoms with Gasteiger partial charge in [-0.3, -0.25) is 9.59 Å². The molecule has 0 aliphatic carbocycles. The van der Waals surface area contributed by atoms with Gasteiger partial charge in [0.2, 0.25) is 0 Å². The van der Waals surface area contributed by atoms with Gasteiger partial charge in [0.1, 0.15) is 5.75 Å². The Morgan fingerprint density at radius 1 is 1.18 bits per heavy atom. The number of carbonyl (C=O) groups is 2. The van der Waals surface area contributed by atoms with Gasteiger partial charge in [-0.15, -0.1) is 11.3 Å². The van der Waals surface area contributed by atoms with Crippen LogP contribution in [0.2, 0.25) is 0 Å². The summed E-state index contributed by atoms with van der Waals surface area (Å²) in [6.07, 6.45) is 0. The lowest BCUT2D eigenvalue weighted by Crippen LogP contribution is -2.20. The van der Waals surface area contributed by atoms with E-state index in [1.807, 2.05) is 43.3 Å². The fourth-order valence-electron chi connectivity index (χ4n) is 2.35. The number of anilines is 1. The molecule has 2 aromatic carbocycles. The van der Waals surface area contributed by atoms with Crippen LogP contribution in [-0.2, 0) is 14.3 Å². The van der Waals surface area contributed by atoms with Gasteiger partial charge in [-0.2, -0.15) is 0 Å². The first-order valence-corrected chi connectivity index (χ1v) is 10.5. The average molecular weight is 417 g/mol. The lowest BCUT2D eigenvalue weighted by atomic mass is 10.2. The van der Waals surface area contributed by atoms with E-state index in [-0.39, 0.29) is 24.2 Å². The first-order chi connectivity index (χ1) is 13.5. The van der Waals surface area contributed by atoms with Crippen LogP contribution in [0.15, 0.2) is 46.8 Å². The van der Waals surface area contributed by atoms with Crippen LogP contribution in [0, 0.1) is 6.92 Å². The summed E-state index contributed by atoms with van der Waals surface area (Å²) in [6.45, 7) is 4.08. The van der Waals surface area contributed by atoms with E-state index in [4.69, 9.17) is 9.47 Å². The highest BCUT2D eigenvalue weighted by Crippen LogP contribution is 2.31. The number of rotatable bonds is 8. The molecular formula is C20H20N2O4S2. The molecule has 0 aliphatic rings. The third-order valence-corrected chi connectivity index (χ3v) is 5.80. The minimum Gasteiger partial charge on any atom is -0.484 e. The number of thioether (sulfide) groups is 1. The third-order valence-electron chi connectivity index (χ3n) is 3.66. The van der Waals surface area contributed by atoms with E-state index in [0.29, 0.717) is 18.0 Å². The number of thiazole rings is 1. The smallest absolute Gasteiger partial charge is 0.316 e. The number of esters is 1. The Balaban J connectivity index is 1.56. The lowest BCUT2D eigenvalue weighted by Gasteiger charge is -2.07. The molecule has 1 amide bonds. The third kappa shape index (κ3) is 5.71. The molecule has 3 rings (SSSR count). The Morgan fingerprint density at radius 2 is 1.96 bits per heavy atom. The Bertz CT molecular complexity index is 970. The normalized spacial score (nSPS) is 10.6. The molecule has 0 unspecified atom stereocenters. The molecule has 146 valence electrons. The van der Waals surface area contributed by atoms with Gasteiger partial charge in [0, 0.05) is 5.69 Å². The molecule has 1 aromatic heterocycles. The first kappa shape index (κ1) is 20.2. The summed E-state index contributed by atoms with van der Waals surface area (Å²) in [5.41, 5.74) is 2.63. The van der Waals surface area contributed by atoms with Gasteiger partial charge in [0.05, 0.1) is 22.6 Å². The van der Waals surface area contributed by atoms with Crippen molar-refractivity contribution in [3.8, 4) is 5.75 Å². The molecule has 28 heavy (non-hydrogen) atoms. The highest BCUT2D eigenvalue weighted by Gasteiger charge is 2.10. The van der Waals surface area contributed by atoms with Crippen molar-refractivity contribution < 1.29 is 19.1 Å². The minimum atomic E-state index is -0.256. The second kappa shape index (κ2) is 9.57. The average Bonchev–Trinajstić information content (AvgIpc) is 3.08. The van der Waals surface area contributed by atoms with E-state index >= 15 is 0 Å². The van der Waals surface area contributed by atoms with Crippen molar-refractivity contribution in [2.24, 2.45) is 0 Å². The topological polar surface area (TPSA) is 77.5 Å². The summed E-state index contributed by atoms with van der Waals surface area (Å²) in [5.74, 6) is 0.393. The van der Waals surface area contributed by atoms with Crippen molar-refractivity contribution in [1.29, 1.82) is 0 Å². The van der Waals surface area contributed by atoms with Gasteiger partial charge < -0.3 is 14.8 Å². The zero-order chi connectivity index (χ0) is 19.9. The van der Waals surface area contributed by atoms with Crippen molar-refractivity contribution in [1.82, 2.24) is 4.98 Å². The maximum Gasteiger partial charge on any atom is 0.316 e. The summed E-state index contributed by atoms with van der Waals surface area (Å²) in [6, 6.07) is 13.0. The van der Waals surface area contributed by atoms with Gasteiger partial charge in [0.15, 0.2) is 10.9 Å². The monoisotopic (exact) mass is 416 g/mol. The van der Waals surface area contributed by atoms with Gasteiger partial charge >= 0.3 is 5.97 Å². The lowest BCUT2D eigenvalue weighted by molar-refractivity contribution is -0.139. The van der Waals surface area contributed by atoms with E-state index in [1.54, 1.807) is 13.0 Å². The maximum absolute atomic E-state index is 12.1. The van der Waals surface area contributed by atoms with Crippen LogP contribution >= 0.6 is 23.1 Å². The maximum atomic E-state index is 12.1.